The molecule has 102 valence electrons. The van der Waals surface area contributed by atoms with Crippen molar-refractivity contribution < 1.29 is 9.47 Å². The van der Waals surface area contributed by atoms with E-state index in [0.29, 0.717) is 17.3 Å². The zero-order valence-electron chi connectivity index (χ0n) is 11.4. The third-order valence-electron chi connectivity index (χ3n) is 2.98. The van der Waals surface area contributed by atoms with Gasteiger partial charge in [-0.25, -0.2) is 0 Å². The summed E-state index contributed by atoms with van der Waals surface area (Å²) >= 11 is 1.63. The van der Waals surface area contributed by atoms with Crippen molar-refractivity contribution in [2.75, 3.05) is 26.2 Å². The molecular weight excluding hydrogens is 262 g/mol. The lowest BCUT2D eigenvalue weighted by molar-refractivity contribution is 0.354. The molecule has 0 fully saturated rings. The molecule has 2 aromatic rings. The maximum absolute atomic E-state index is 6.04. The molecule has 0 saturated heterocycles. The van der Waals surface area contributed by atoms with Gasteiger partial charge in [0.2, 0.25) is 0 Å². The molecule has 1 aromatic carbocycles. The number of nitrogens with zero attached hydrogens (tertiary/aromatic N) is 2. The van der Waals surface area contributed by atoms with Crippen LogP contribution in [0.3, 0.4) is 0 Å². The number of methoxy groups -OCH3 is 2. The second kappa shape index (κ2) is 5.44. The Kier molecular flexibility index (Phi) is 3.90. The van der Waals surface area contributed by atoms with E-state index in [9.17, 15) is 0 Å². The predicted octanol–water partition coefficient (Wildman–Crippen LogP) is 2.41. The number of aryl methyl sites for hydroxylation is 1. The van der Waals surface area contributed by atoms with E-state index in [1.165, 1.54) is 0 Å². The largest absolute Gasteiger partial charge is 0.493 e. The summed E-state index contributed by atoms with van der Waals surface area (Å²) in [5, 5.41) is 4.18. The number of rotatable bonds is 4. The van der Waals surface area contributed by atoms with Crippen LogP contribution in [-0.4, -0.2) is 30.3 Å². The van der Waals surface area contributed by atoms with Crippen LogP contribution in [0.4, 0.5) is 5.82 Å². The fourth-order valence-corrected chi connectivity index (χ4v) is 2.51. The fraction of sp³-hybridized carbons (Fsp3) is 0.308. The molecule has 0 spiro atoms. The van der Waals surface area contributed by atoms with Crippen molar-refractivity contribution in [1.82, 2.24) is 9.78 Å². The van der Waals surface area contributed by atoms with Crippen LogP contribution >= 0.6 is 11.8 Å². The lowest BCUT2D eigenvalue weighted by atomic mass is 10.1. The highest BCUT2D eigenvalue weighted by Crippen LogP contribution is 2.41. The van der Waals surface area contributed by atoms with Gasteiger partial charge in [0, 0.05) is 23.1 Å². The quantitative estimate of drug-likeness (QED) is 0.871. The number of nitrogen functional groups attached to an aromatic ring is 1. The van der Waals surface area contributed by atoms with Gasteiger partial charge in [0.15, 0.2) is 11.5 Å². The molecule has 6 heteroatoms. The summed E-state index contributed by atoms with van der Waals surface area (Å²) in [7, 11) is 5.06. The molecule has 0 aliphatic heterocycles. The minimum absolute atomic E-state index is 0.627. The first-order valence-corrected chi connectivity index (χ1v) is 6.92. The van der Waals surface area contributed by atoms with E-state index >= 15 is 0 Å². The summed E-state index contributed by atoms with van der Waals surface area (Å²) in [6.07, 6.45) is 3.77. The van der Waals surface area contributed by atoms with Crippen LogP contribution < -0.4 is 15.2 Å². The van der Waals surface area contributed by atoms with Gasteiger partial charge in [0.25, 0.3) is 0 Å². The van der Waals surface area contributed by atoms with Crippen LogP contribution in [-0.2, 0) is 7.05 Å². The molecule has 0 aliphatic carbocycles. The minimum Gasteiger partial charge on any atom is -0.493 e. The smallest absolute Gasteiger partial charge is 0.161 e. The highest BCUT2D eigenvalue weighted by molar-refractivity contribution is 7.98. The van der Waals surface area contributed by atoms with E-state index in [1.54, 1.807) is 36.9 Å². The van der Waals surface area contributed by atoms with E-state index < -0.39 is 0 Å². The first-order valence-electron chi connectivity index (χ1n) is 5.70. The van der Waals surface area contributed by atoms with Crippen LogP contribution in [0.5, 0.6) is 11.5 Å². The van der Waals surface area contributed by atoms with Crippen LogP contribution in [0, 0.1) is 0 Å². The van der Waals surface area contributed by atoms with Crippen LogP contribution in [0.25, 0.3) is 11.1 Å². The summed E-state index contributed by atoms with van der Waals surface area (Å²) in [6, 6.07) is 3.88. The van der Waals surface area contributed by atoms with Gasteiger partial charge in [-0.15, -0.1) is 11.8 Å². The SMILES string of the molecule is COc1cc(SC)c(-c2cnn(C)c2N)cc1OC. The van der Waals surface area contributed by atoms with Gasteiger partial charge >= 0.3 is 0 Å². The Morgan fingerprint density at radius 3 is 2.26 bits per heavy atom. The maximum Gasteiger partial charge on any atom is 0.161 e. The van der Waals surface area contributed by atoms with Crippen LogP contribution in [0.2, 0.25) is 0 Å². The van der Waals surface area contributed by atoms with Gasteiger partial charge in [0.05, 0.1) is 20.4 Å². The third-order valence-corrected chi connectivity index (χ3v) is 3.76. The Morgan fingerprint density at radius 2 is 1.79 bits per heavy atom. The number of ether oxygens (including phenoxy) is 2. The van der Waals surface area contributed by atoms with Gasteiger partial charge in [-0.2, -0.15) is 5.10 Å². The number of anilines is 1. The van der Waals surface area contributed by atoms with Gasteiger partial charge in [-0.05, 0) is 18.4 Å². The molecule has 0 saturated carbocycles. The van der Waals surface area contributed by atoms with Crippen molar-refractivity contribution in [3.05, 3.63) is 18.3 Å². The van der Waals surface area contributed by atoms with E-state index in [1.807, 2.05) is 25.4 Å². The number of hydrogen-bond donors (Lipinski definition) is 1. The number of nitrogens with two attached hydrogens (primary N) is 1. The number of aromatic nitrogens is 2. The molecule has 0 aliphatic rings. The zero-order chi connectivity index (χ0) is 14.0. The third kappa shape index (κ3) is 2.35. The summed E-state index contributed by atoms with van der Waals surface area (Å²) in [5.41, 5.74) is 7.93. The molecule has 0 atom stereocenters. The van der Waals surface area contributed by atoms with E-state index in [0.717, 1.165) is 16.0 Å². The van der Waals surface area contributed by atoms with Gasteiger partial charge in [-0.1, -0.05) is 0 Å². The predicted molar refractivity (Wildman–Crippen MR) is 77.9 cm³/mol. The van der Waals surface area contributed by atoms with Crippen molar-refractivity contribution in [1.29, 1.82) is 0 Å². The normalized spacial score (nSPS) is 10.5. The van der Waals surface area contributed by atoms with Crippen LogP contribution in [0.1, 0.15) is 0 Å². The molecule has 0 bridgehead atoms. The molecule has 2 N–H and O–H groups in total. The lowest BCUT2D eigenvalue weighted by Crippen LogP contribution is -1.99. The van der Waals surface area contributed by atoms with Crippen molar-refractivity contribution >= 4 is 17.6 Å². The molecule has 0 amide bonds. The van der Waals surface area contributed by atoms with Crippen molar-refractivity contribution in [3.8, 4) is 22.6 Å². The minimum atomic E-state index is 0.627. The molecule has 1 aromatic heterocycles. The standard InChI is InChI=1S/C13H17N3O2S/c1-16-13(14)9(7-15-16)8-5-10(17-2)11(18-3)6-12(8)19-4/h5-7H,14H2,1-4H3. The molecular formula is C13H17N3O2S. The second-order valence-corrected chi connectivity index (χ2v) is 4.82. The summed E-state index contributed by atoms with van der Waals surface area (Å²) in [4.78, 5) is 1.07. The Morgan fingerprint density at radius 1 is 1.16 bits per heavy atom. The number of thioether (sulfide) groups is 1. The Hall–Kier alpha value is -1.82. The first-order chi connectivity index (χ1) is 9.12. The topological polar surface area (TPSA) is 62.3 Å². The Balaban J connectivity index is 2.65. The average Bonchev–Trinajstić information content (AvgIpc) is 2.77. The molecule has 0 unspecified atom stereocenters. The zero-order valence-corrected chi connectivity index (χ0v) is 12.2. The summed E-state index contributed by atoms with van der Waals surface area (Å²) < 4.78 is 12.3. The number of benzene rings is 1. The van der Waals surface area contributed by atoms with Crippen molar-refractivity contribution in [2.45, 2.75) is 4.90 Å². The Bertz CT molecular complexity index is 596. The number of hydrogen-bond acceptors (Lipinski definition) is 5. The average molecular weight is 279 g/mol. The molecule has 1 heterocycles. The summed E-state index contributed by atoms with van der Waals surface area (Å²) in [5.74, 6) is 2.01. The van der Waals surface area contributed by atoms with E-state index in [2.05, 4.69) is 5.10 Å². The maximum atomic E-state index is 6.04. The van der Waals surface area contributed by atoms with Crippen molar-refractivity contribution in [2.24, 2.45) is 7.05 Å². The van der Waals surface area contributed by atoms with Crippen molar-refractivity contribution in [3.63, 3.8) is 0 Å². The Labute approximate surface area is 116 Å². The first kappa shape index (κ1) is 13.6. The molecule has 19 heavy (non-hydrogen) atoms. The van der Waals surface area contributed by atoms with Gasteiger partial charge in [0.1, 0.15) is 5.82 Å². The lowest BCUT2D eigenvalue weighted by Gasteiger charge is -2.13. The highest BCUT2D eigenvalue weighted by Gasteiger charge is 2.16. The van der Waals surface area contributed by atoms with Crippen LogP contribution in [0.15, 0.2) is 23.2 Å². The monoisotopic (exact) mass is 279 g/mol. The second-order valence-electron chi connectivity index (χ2n) is 3.97. The summed E-state index contributed by atoms with van der Waals surface area (Å²) in [6.45, 7) is 0. The molecule has 0 radical (unpaired) electrons. The van der Waals surface area contributed by atoms with Gasteiger partial charge in [-0.3, -0.25) is 4.68 Å². The fourth-order valence-electron chi connectivity index (χ4n) is 1.89. The molecule has 2 rings (SSSR count). The molecule has 5 nitrogen and oxygen atoms in total. The van der Waals surface area contributed by atoms with E-state index in [4.69, 9.17) is 15.2 Å². The van der Waals surface area contributed by atoms with E-state index in [-0.39, 0.29) is 0 Å². The van der Waals surface area contributed by atoms with Gasteiger partial charge < -0.3 is 15.2 Å². The highest BCUT2D eigenvalue weighted by atomic mass is 32.2.